The molecule has 2 nitrogen and oxygen atoms in total. The number of carbonyl (C=O) groups is 1. The van der Waals surface area contributed by atoms with Gasteiger partial charge in [-0.05, 0) is 57.9 Å². The summed E-state index contributed by atoms with van der Waals surface area (Å²) in [4.78, 5) is 12.8. The highest BCUT2D eigenvalue weighted by Crippen LogP contribution is 2.35. The third-order valence-electron chi connectivity index (χ3n) is 5.85. The molecule has 28 heavy (non-hydrogen) atoms. The van der Waals surface area contributed by atoms with Crippen LogP contribution in [-0.2, 0) is 9.53 Å². The van der Waals surface area contributed by atoms with Gasteiger partial charge in [-0.15, -0.1) is 0 Å². The van der Waals surface area contributed by atoms with Crippen LogP contribution in [0.2, 0.25) is 0 Å². The van der Waals surface area contributed by atoms with E-state index in [1.807, 2.05) is 26.8 Å². The van der Waals surface area contributed by atoms with Crippen molar-refractivity contribution >= 4 is 5.97 Å². The van der Waals surface area contributed by atoms with Gasteiger partial charge < -0.3 is 4.74 Å². The number of unbranched alkanes of at least 4 members (excludes halogenated alkanes) is 7. The summed E-state index contributed by atoms with van der Waals surface area (Å²) in [7, 11) is 0. The van der Waals surface area contributed by atoms with E-state index >= 15 is 0 Å². The first-order valence-corrected chi connectivity index (χ1v) is 11.7. The van der Waals surface area contributed by atoms with Gasteiger partial charge in [0.15, 0.2) is 0 Å². The average Bonchev–Trinajstić information content (AvgIpc) is 2.68. The standard InChI is InChI=1S/C26H44O2/c1-6-8-9-10-11-12-13-15-18-22(3)28-25(27)26(4,5)21-23(7-2)24-19-16-14-17-20-24/h14,16-17,19-20,22-23H,6-13,15,18,21H2,1-5H3. The van der Waals surface area contributed by atoms with Crippen LogP contribution in [0.15, 0.2) is 30.3 Å². The Labute approximate surface area is 174 Å². The van der Waals surface area contributed by atoms with Crippen LogP contribution >= 0.6 is 0 Å². The van der Waals surface area contributed by atoms with Gasteiger partial charge in [-0.25, -0.2) is 0 Å². The minimum Gasteiger partial charge on any atom is -0.462 e. The van der Waals surface area contributed by atoms with Gasteiger partial charge >= 0.3 is 5.97 Å². The molecule has 0 fully saturated rings. The molecule has 0 saturated carbocycles. The summed E-state index contributed by atoms with van der Waals surface area (Å²) in [6, 6.07) is 10.5. The van der Waals surface area contributed by atoms with Crippen LogP contribution in [0.25, 0.3) is 0 Å². The van der Waals surface area contributed by atoms with Gasteiger partial charge in [0.2, 0.25) is 0 Å². The molecule has 0 saturated heterocycles. The third-order valence-corrected chi connectivity index (χ3v) is 5.85. The lowest BCUT2D eigenvalue weighted by molar-refractivity contribution is -0.159. The second-order valence-corrected chi connectivity index (χ2v) is 9.08. The molecule has 1 aromatic carbocycles. The van der Waals surface area contributed by atoms with Crippen molar-refractivity contribution in [2.24, 2.45) is 5.41 Å². The highest BCUT2D eigenvalue weighted by Gasteiger charge is 2.33. The highest BCUT2D eigenvalue weighted by molar-refractivity contribution is 5.76. The van der Waals surface area contributed by atoms with Crippen molar-refractivity contribution in [2.45, 2.75) is 117 Å². The van der Waals surface area contributed by atoms with Gasteiger partial charge in [0.1, 0.15) is 0 Å². The molecule has 0 bridgehead atoms. The predicted octanol–water partition coefficient (Wildman–Crippen LogP) is 8.06. The lowest BCUT2D eigenvalue weighted by atomic mass is 9.79. The molecule has 0 aliphatic heterocycles. The fourth-order valence-corrected chi connectivity index (χ4v) is 3.89. The van der Waals surface area contributed by atoms with E-state index in [-0.39, 0.29) is 12.1 Å². The van der Waals surface area contributed by atoms with Crippen molar-refractivity contribution in [2.75, 3.05) is 0 Å². The molecule has 0 aromatic heterocycles. The zero-order valence-corrected chi connectivity index (χ0v) is 19.1. The van der Waals surface area contributed by atoms with Gasteiger partial charge in [-0.2, -0.15) is 0 Å². The van der Waals surface area contributed by atoms with E-state index in [2.05, 4.69) is 38.1 Å². The van der Waals surface area contributed by atoms with E-state index in [0.29, 0.717) is 5.92 Å². The monoisotopic (exact) mass is 388 g/mol. The van der Waals surface area contributed by atoms with Crippen molar-refractivity contribution in [3.63, 3.8) is 0 Å². The lowest BCUT2D eigenvalue weighted by Crippen LogP contribution is -2.31. The average molecular weight is 389 g/mol. The molecule has 2 heteroatoms. The van der Waals surface area contributed by atoms with Crippen molar-refractivity contribution in [1.29, 1.82) is 0 Å². The molecule has 0 N–H and O–H groups in total. The largest absolute Gasteiger partial charge is 0.462 e. The van der Waals surface area contributed by atoms with Crippen LogP contribution in [0.5, 0.6) is 0 Å². The zero-order chi connectivity index (χ0) is 20.8. The molecule has 2 unspecified atom stereocenters. The Morgan fingerprint density at radius 3 is 2.07 bits per heavy atom. The number of esters is 1. The maximum atomic E-state index is 12.8. The molecule has 0 amide bonds. The molecular weight excluding hydrogens is 344 g/mol. The van der Waals surface area contributed by atoms with Crippen molar-refractivity contribution in [1.82, 2.24) is 0 Å². The number of benzene rings is 1. The quantitative estimate of drug-likeness (QED) is 0.224. The highest BCUT2D eigenvalue weighted by atomic mass is 16.5. The Kier molecular flexibility index (Phi) is 12.2. The summed E-state index contributed by atoms with van der Waals surface area (Å²) < 4.78 is 5.82. The van der Waals surface area contributed by atoms with Crippen molar-refractivity contribution < 1.29 is 9.53 Å². The first-order valence-electron chi connectivity index (χ1n) is 11.7. The summed E-state index contributed by atoms with van der Waals surface area (Å²) in [6.45, 7) is 10.6. The number of carbonyl (C=O) groups excluding carboxylic acids is 1. The molecule has 0 heterocycles. The Hall–Kier alpha value is -1.31. The molecule has 1 rings (SSSR count). The summed E-state index contributed by atoms with van der Waals surface area (Å²) in [6.07, 6.45) is 13.3. The van der Waals surface area contributed by atoms with E-state index in [9.17, 15) is 4.79 Å². The second kappa shape index (κ2) is 13.8. The molecule has 0 aliphatic carbocycles. The number of ether oxygens (including phenoxy) is 1. The fourth-order valence-electron chi connectivity index (χ4n) is 3.89. The van der Waals surface area contributed by atoms with Crippen LogP contribution in [0, 0.1) is 5.41 Å². The molecule has 0 aliphatic rings. The topological polar surface area (TPSA) is 26.3 Å². The van der Waals surface area contributed by atoms with E-state index in [0.717, 1.165) is 25.7 Å². The SMILES string of the molecule is CCCCCCCCCCC(C)OC(=O)C(C)(C)CC(CC)c1ccccc1. The minimum absolute atomic E-state index is 0.0173. The lowest BCUT2D eigenvalue weighted by Gasteiger charge is -2.29. The number of hydrogen-bond donors (Lipinski definition) is 0. The summed E-state index contributed by atoms with van der Waals surface area (Å²) >= 11 is 0. The second-order valence-electron chi connectivity index (χ2n) is 9.08. The van der Waals surface area contributed by atoms with E-state index < -0.39 is 5.41 Å². The zero-order valence-electron chi connectivity index (χ0n) is 19.1. The van der Waals surface area contributed by atoms with Crippen molar-refractivity contribution in [3.8, 4) is 0 Å². The summed E-state index contributed by atoms with van der Waals surface area (Å²) in [5.74, 6) is 0.348. The van der Waals surface area contributed by atoms with E-state index in [4.69, 9.17) is 4.74 Å². The number of rotatable bonds is 15. The molecule has 2 atom stereocenters. The first-order chi connectivity index (χ1) is 13.4. The normalized spacial score (nSPS) is 13.9. The summed E-state index contributed by atoms with van der Waals surface area (Å²) in [5, 5.41) is 0. The first kappa shape index (κ1) is 24.7. The Morgan fingerprint density at radius 2 is 1.50 bits per heavy atom. The fraction of sp³-hybridized carbons (Fsp3) is 0.731. The minimum atomic E-state index is -0.454. The van der Waals surface area contributed by atoms with Crippen molar-refractivity contribution in [3.05, 3.63) is 35.9 Å². The van der Waals surface area contributed by atoms with Gasteiger partial charge in [0.25, 0.3) is 0 Å². The summed E-state index contributed by atoms with van der Waals surface area (Å²) in [5.41, 5.74) is 0.863. The number of hydrogen-bond acceptors (Lipinski definition) is 2. The molecule has 0 spiro atoms. The van der Waals surface area contributed by atoms with E-state index in [1.54, 1.807) is 0 Å². The van der Waals surface area contributed by atoms with Gasteiger partial charge in [0.05, 0.1) is 11.5 Å². The van der Waals surface area contributed by atoms with Crippen LogP contribution < -0.4 is 0 Å². The van der Waals surface area contributed by atoms with Gasteiger partial charge in [-0.3, -0.25) is 4.79 Å². The smallest absolute Gasteiger partial charge is 0.311 e. The van der Waals surface area contributed by atoms with Crippen LogP contribution in [0.1, 0.15) is 117 Å². The van der Waals surface area contributed by atoms with Crippen LogP contribution in [0.4, 0.5) is 0 Å². The van der Waals surface area contributed by atoms with E-state index in [1.165, 1.54) is 50.5 Å². The van der Waals surface area contributed by atoms with Gasteiger partial charge in [0, 0.05) is 0 Å². The van der Waals surface area contributed by atoms with Gasteiger partial charge in [-0.1, -0.05) is 89.1 Å². The third kappa shape index (κ3) is 9.75. The van der Waals surface area contributed by atoms with Crippen LogP contribution in [-0.4, -0.2) is 12.1 Å². The maximum absolute atomic E-state index is 12.8. The molecule has 1 aromatic rings. The predicted molar refractivity (Wildman–Crippen MR) is 121 cm³/mol. The molecule has 0 radical (unpaired) electrons. The molecular formula is C26H44O2. The Bertz CT molecular complexity index is 520. The van der Waals surface area contributed by atoms with Crippen LogP contribution in [0.3, 0.4) is 0 Å². The molecule has 160 valence electrons. The maximum Gasteiger partial charge on any atom is 0.311 e. The Balaban J connectivity index is 2.33. The Morgan fingerprint density at radius 1 is 0.929 bits per heavy atom.